The first-order valence-corrected chi connectivity index (χ1v) is 21.1. The van der Waals surface area contributed by atoms with E-state index in [0.29, 0.717) is 17.5 Å². The van der Waals surface area contributed by atoms with Crippen LogP contribution in [0, 0.1) is 0 Å². The second kappa shape index (κ2) is 13.4. The van der Waals surface area contributed by atoms with Crippen LogP contribution >= 0.6 is 0 Å². The molecule has 9 aromatic carbocycles. The van der Waals surface area contributed by atoms with Gasteiger partial charge in [-0.1, -0.05) is 188 Å². The lowest BCUT2D eigenvalue weighted by Crippen LogP contribution is -2.25. The number of benzene rings is 9. The van der Waals surface area contributed by atoms with Crippen LogP contribution in [0.15, 0.2) is 217 Å². The zero-order valence-corrected chi connectivity index (χ0v) is 33.5. The van der Waals surface area contributed by atoms with E-state index < -0.39 is 0 Å². The minimum atomic E-state index is -0.354. The van der Waals surface area contributed by atoms with Crippen molar-refractivity contribution in [3.8, 4) is 78.7 Å². The van der Waals surface area contributed by atoms with Crippen molar-refractivity contribution in [3.05, 3.63) is 235 Å². The molecule has 2 aliphatic rings. The van der Waals surface area contributed by atoms with Crippen LogP contribution in [0.1, 0.15) is 22.3 Å². The van der Waals surface area contributed by atoms with Gasteiger partial charge in [-0.05, 0) is 91.0 Å². The summed E-state index contributed by atoms with van der Waals surface area (Å²) in [6.45, 7) is 0. The average molecular weight is 790 g/mol. The van der Waals surface area contributed by atoms with Crippen LogP contribution < -0.4 is 0 Å². The molecule has 0 N–H and O–H groups in total. The van der Waals surface area contributed by atoms with Crippen molar-refractivity contribution >= 4 is 21.9 Å². The molecular formula is C58H35N3O. The van der Waals surface area contributed by atoms with E-state index in [9.17, 15) is 0 Å². The fourth-order valence-electron chi connectivity index (χ4n) is 10.3. The minimum Gasteiger partial charge on any atom is -0.456 e. The smallest absolute Gasteiger partial charge is 0.164 e. The van der Waals surface area contributed by atoms with Crippen LogP contribution in [0.5, 0.6) is 0 Å². The molecule has 0 unspecified atom stereocenters. The summed E-state index contributed by atoms with van der Waals surface area (Å²) >= 11 is 0. The van der Waals surface area contributed by atoms with Crippen molar-refractivity contribution in [2.75, 3.05) is 0 Å². The standard InChI is InChI=1S/C58H35N3O/c1-2-14-37(15-3-1)55-59-56(61-57(60-55)46-21-5-4-16-41(46)40-31-33-54-48(35-40)45-20-9-13-25-53(45)62-54)38-28-26-36(27-29-38)39-30-32-52-47(34-39)44-19-8-12-24-51(44)58(52)49-22-10-6-17-42(49)43-18-7-11-23-50(43)58/h1-35H. The first-order valence-electron chi connectivity index (χ1n) is 21.1. The first-order chi connectivity index (χ1) is 30.7. The van der Waals surface area contributed by atoms with Gasteiger partial charge in [-0.3, -0.25) is 0 Å². The average Bonchev–Trinajstić information content (AvgIpc) is 3.98. The van der Waals surface area contributed by atoms with Crippen molar-refractivity contribution < 1.29 is 4.42 Å². The Balaban J connectivity index is 0.912. The van der Waals surface area contributed by atoms with E-state index in [0.717, 1.165) is 55.3 Å². The third-order valence-electron chi connectivity index (χ3n) is 13.0. The van der Waals surface area contributed by atoms with Gasteiger partial charge in [-0.25, -0.2) is 15.0 Å². The Bertz CT molecular complexity index is 3540. The van der Waals surface area contributed by atoms with Crippen molar-refractivity contribution in [1.82, 2.24) is 15.0 Å². The van der Waals surface area contributed by atoms with Crippen molar-refractivity contribution in [2.45, 2.75) is 5.41 Å². The lowest BCUT2D eigenvalue weighted by molar-refractivity contribution is 0.669. The Morgan fingerprint density at radius 1 is 0.274 bits per heavy atom. The van der Waals surface area contributed by atoms with Gasteiger partial charge in [-0.15, -0.1) is 0 Å². The molecule has 11 aromatic rings. The monoisotopic (exact) mass is 789 g/mol. The highest BCUT2D eigenvalue weighted by Gasteiger charge is 2.51. The quantitative estimate of drug-likeness (QED) is 0.174. The van der Waals surface area contributed by atoms with E-state index >= 15 is 0 Å². The summed E-state index contributed by atoms with van der Waals surface area (Å²) in [5, 5.41) is 2.17. The number of hydrogen-bond acceptors (Lipinski definition) is 4. The van der Waals surface area contributed by atoms with E-state index in [1.54, 1.807) is 0 Å². The zero-order valence-electron chi connectivity index (χ0n) is 33.5. The lowest BCUT2D eigenvalue weighted by atomic mass is 9.70. The highest BCUT2D eigenvalue weighted by Crippen LogP contribution is 2.63. The number of furan rings is 1. The molecule has 0 radical (unpaired) electrons. The molecule has 0 aliphatic heterocycles. The lowest BCUT2D eigenvalue weighted by Gasteiger charge is -2.30. The summed E-state index contributed by atoms with van der Waals surface area (Å²) in [7, 11) is 0. The number of fused-ring (bicyclic) bond motifs is 13. The third-order valence-corrected chi connectivity index (χ3v) is 13.0. The van der Waals surface area contributed by atoms with Crippen LogP contribution in [0.25, 0.3) is 101 Å². The topological polar surface area (TPSA) is 51.8 Å². The van der Waals surface area contributed by atoms with Gasteiger partial charge in [0.05, 0.1) is 5.41 Å². The van der Waals surface area contributed by atoms with Crippen LogP contribution in [0.4, 0.5) is 0 Å². The minimum absolute atomic E-state index is 0.354. The summed E-state index contributed by atoms with van der Waals surface area (Å²) in [6.07, 6.45) is 0. The molecule has 62 heavy (non-hydrogen) atoms. The Morgan fingerprint density at radius 3 is 1.44 bits per heavy atom. The third kappa shape index (κ3) is 5.04. The molecule has 1 spiro atoms. The van der Waals surface area contributed by atoms with Crippen LogP contribution in [0.2, 0.25) is 0 Å². The largest absolute Gasteiger partial charge is 0.456 e. The normalized spacial score (nSPS) is 13.0. The molecule has 0 atom stereocenters. The van der Waals surface area contributed by atoms with Gasteiger partial charge in [-0.2, -0.15) is 0 Å². The summed E-state index contributed by atoms with van der Waals surface area (Å²) < 4.78 is 6.17. The summed E-state index contributed by atoms with van der Waals surface area (Å²) in [5.74, 6) is 1.86. The van der Waals surface area contributed by atoms with Gasteiger partial charge in [0.15, 0.2) is 17.5 Å². The molecule has 0 fully saturated rings. The second-order valence-electron chi connectivity index (χ2n) is 16.3. The molecule has 0 amide bonds. The second-order valence-corrected chi connectivity index (χ2v) is 16.3. The Morgan fingerprint density at radius 2 is 0.742 bits per heavy atom. The number of rotatable bonds is 5. The molecule has 2 aromatic heterocycles. The van der Waals surface area contributed by atoms with Crippen molar-refractivity contribution in [2.24, 2.45) is 0 Å². The van der Waals surface area contributed by atoms with Gasteiger partial charge in [0.25, 0.3) is 0 Å². The van der Waals surface area contributed by atoms with E-state index in [2.05, 4.69) is 176 Å². The Kier molecular flexibility index (Phi) is 7.49. The molecule has 0 saturated carbocycles. The molecule has 13 rings (SSSR count). The number of para-hydroxylation sites is 1. The Labute approximate surface area is 358 Å². The maximum absolute atomic E-state index is 6.17. The first kappa shape index (κ1) is 34.6. The Hall–Kier alpha value is -8.21. The fraction of sp³-hybridized carbons (Fsp3) is 0.0172. The molecule has 2 heterocycles. The summed E-state index contributed by atoms with van der Waals surface area (Å²) in [4.78, 5) is 15.4. The predicted octanol–water partition coefficient (Wildman–Crippen LogP) is 14.4. The number of nitrogens with zero attached hydrogens (tertiary/aromatic N) is 3. The predicted molar refractivity (Wildman–Crippen MR) is 251 cm³/mol. The molecule has 0 bridgehead atoms. The van der Waals surface area contributed by atoms with Gasteiger partial charge >= 0.3 is 0 Å². The summed E-state index contributed by atoms with van der Waals surface area (Å²) in [6, 6.07) is 75.6. The molecule has 2 aliphatic carbocycles. The van der Waals surface area contributed by atoms with Crippen molar-refractivity contribution in [3.63, 3.8) is 0 Å². The van der Waals surface area contributed by atoms with E-state index in [-0.39, 0.29) is 5.41 Å². The van der Waals surface area contributed by atoms with Crippen LogP contribution in [-0.4, -0.2) is 15.0 Å². The molecule has 4 nitrogen and oxygen atoms in total. The van der Waals surface area contributed by atoms with Gasteiger partial charge in [0.2, 0.25) is 0 Å². The number of aromatic nitrogens is 3. The SMILES string of the molecule is c1ccc(-c2nc(-c3ccc(-c4ccc5c(c4)-c4ccccc4C54c5ccccc5-c5ccccc54)cc3)nc(-c3ccccc3-c3ccc4oc5ccccc5c4c3)n2)cc1. The van der Waals surface area contributed by atoms with E-state index in [1.165, 1.54) is 50.1 Å². The van der Waals surface area contributed by atoms with E-state index in [4.69, 9.17) is 19.4 Å². The molecular weight excluding hydrogens is 755 g/mol. The highest BCUT2D eigenvalue weighted by atomic mass is 16.3. The van der Waals surface area contributed by atoms with Gasteiger partial charge < -0.3 is 4.42 Å². The number of hydrogen-bond donors (Lipinski definition) is 0. The van der Waals surface area contributed by atoms with Gasteiger partial charge in [0, 0.05) is 27.5 Å². The zero-order chi connectivity index (χ0) is 40.8. The maximum Gasteiger partial charge on any atom is 0.164 e. The molecule has 288 valence electrons. The summed E-state index contributed by atoms with van der Waals surface area (Å²) in [5.41, 5.74) is 19.2. The maximum atomic E-state index is 6.17. The van der Waals surface area contributed by atoms with Crippen LogP contribution in [0.3, 0.4) is 0 Å². The van der Waals surface area contributed by atoms with Gasteiger partial charge in [0.1, 0.15) is 11.2 Å². The van der Waals surface area contributed by atoms with Crippen LogP contribution in [-0.2, 0) is 5.41 Å². The molecule has 0 saturated heterocycles. The highest BCUT2D eigenvalue weighted by molar-refractivity contribution is 6.06. The fourth-order valence-corrected chi connectivity index (χ4v) is 10.3. The van der Waals surface area contributed by atoms with Crippen molar-refractivity contribution in [1.29, 1.82) is 0 Å². The molecule has 4 heteroatoms. The van der Waals surface area contributed by atoms with E-state index in [1.807, 2.05) is 36.4 Å².